The third-order valence-corrected chi connectivity index (χ3v) is 15.7. The second kappa shape index (κ2) is 24.5. The van der Waals surface area contributed by atoms with Crippen LogP contribution in [-0.2, 0) is 101 Å². The Kier molecular flexibility index (Phi) is 18.9. The Balaban J connectivity index is 0.000000159. The van der Waals surface area contributed by atoms with Crippen LogP contribution in [0.4, 0.5) is 52.7 Å². The molecule has 3 heterocycles. The van der Waals surface area contributed by atoms with Gasteiger partial charge in [-0.3, -0.25) is 18.6 Å². The van der Waals surface area contributed by atoms with E-state index < -0.39 is 82.2 Å². The van der Waals surface area contributed by atoms with E-state index in [9.17, 15) is 85.1 Å². The molecule has 6 atom stereocenters. The molecule has 3 saturated carbocycles. The monoisotopic (exact) mass is 1260 g/mol. The Morgan fingerprint density at radius 1 is 0.537 bits per heavy atom. The second-order valence-corrected chi connectivity index (χ2v) is 22.6. The van der Waals surface area contributed by atoms with Crippen molar-refractivity contribution in [2.75, 3.05) is 40.1 Å². The summed E-state index contributed by atoms with van der Waals surface area (Å²) < 4.78 is 192. The molecule has 28 heteroatoms. The van der Waals surface area contributed by atoms with Crippen molar-refractivity contribution in [3.8, 4) is 0 Å². The second-order valence-electron chi connectivity index (χ2n) is 20.4. The SMILES string of the molecule is COC(=O)c1ccc(CBr)c(C(F)(F)F)c1.COC(=O)c1ccc(CN2CC3CC3C2=O)c(C(F)(F)F)c1.CS(=O)(=O)OCc1ccc(CN2CC3CC3C2=O)c(C(F)(F)F)c1.O=C1C2CC2CN1Cc1ccc(CO)cc1C(F)(F)F. The van der Waals surface area contributed by atoms with E-state index in [0.717, 1.165) is 64.0 Å². The Bertz CT molecular complexity index is 3210. The molecule has 4 aromatic rings. The number of piperidine rings is 3. The number of carbonyl (C=O) groups excluding carboxylic acids is 5. The van der Waals surface area contributed by atoms with Crippen LogP contribution in [0, 0.1) is 35.5 Å². The number of hydrogen-bond acceptors (Lipinski definition) is 11. The van der Waals surface area contributed by atoms with Crippen LogP contribution in [0.2, 0.25) is 0 Å². The van der Waals surface area contributed by atoms with Crippen molar-refractivity contribution in [2.24, 2.45) is 35.5 Å². The molecule has 3 saturated heterocycles. The standard InChI is InChI=1S/C15H16F3NO4S.C15H14F3NO3.C14H14F3NO2.C10H8BrF3O2/c1-24(21,22)23-8-9-2-3-10(13(4-9)15(16,17)18)6-19-7-11-5-12(11)14(19)20;1-22-14(21)8-2-3-9(12(5-8)15(16,17)18)6-19-7-10-4-11(10)13(19)20;15-14(16,17)12-3-8(7-19)1-2-9(12)5-18-6-10-4-11(10)13(18)20;1-16-9(15)6-2-3-7(5-11)8(4-6)10(12,13)14/h2-4,11-12H,5-8H2,1H3;2-3,5,10-11H,4,6-7H2,1H3;1-3,10-11,19H,4-7H2;2-4H,5H2,1H3. The minimum atomic E-state index is -4.60. The lowest BCUT2D eigenvalue weighted by molar-refractivity contribution is -0.140. The highest BCUT2D eigenvalue weighted by atomic mass is 79.9. The summed E-state index contributed by atoms with van der Waals surface area (Å²) in [6.45, 7) is 0.495. The number of ether oxygens (including phenoxy) is 2. The molecular formula is C54H52BrF12N3O11S. The summed E-state index contributed by atoms with van der Waals surface area (Å²) in [5.41, 5.74) is -3.14. The van der Waals surface area contributed by atoms with Crippen molar-refractivity contribution >= 4 is 55.7 Å². The van der Waals surface area contributed by atoms with Crippen LogP contribution < -0.4 is 0 Å². The molecule has 3 aliphatic heterocycles. The Hall–Kier alpha value is -6.26. The number of halogens is 13. The van der Waals surface area contributed by atoms with Gasteiger partial charge in [-0.25, -0.2) is 9.59 Å². The minimum absolute atomic E-state index is 0.000237. The predicted molar refractivity (Wildman–Crippen MR) is 268 cm³/mol. The number of rotatable bonds is 13. The smallest absolute Gasteiger partial charge is 0.416 e. The zero-order valence-corrected chi connectivity index (χ0v) is 46.0. The lowest BCUT2D eigenvalue weighted by Crippen LogP contribution is -2.29. The maximum atomic E-state index is 13.3. The molecule has 4 aromatic carbocycles. The number of aliphatic hydroxyl groups is 1. The van der Waals surface area contributed by atoms with Crippen LogP contribution in [0.25, 0.3) is 0 Å². The van der Waals surface area contributed by atoms with Crippen molar-refractivity contribution < 1.29 is 104 Å². The Morgan fingerprint density at radius 2 is 0.854 bits per heavy atom. The Morgan fingerprint density at radius 3 is 1.16 bits per heavy atom. The number of aliphatic hydroxyl groups excluding tert-OH is 1. The van der Waals surface area contributed by atoms with Gasteiger partial charge in [-0.05, 0) is 107 Å². The Labute approximate surface area is 469 Å². The first kappa shape index (κ1) is 63.3. The molecule has 10 rings (SSSR count). The van der Waals surface area contributed by atoms with Crippen LogP contribution in [0.5, 0.6) is 0 Å². The van der Waals surface area contributed by atoms with Gasteiger partial charge in [0, 0.05) is 62.4 Å². The van der Waals surface area contributed by atoms with Crippen LogP contribution in [0.3, 0.4) is 0 Å². The first-order valence-electron chi connectivity index (χ1n) is 25.0. The van der Waals surface area contributed by atoms with Gasteiger partial charge in [0.25, 0.3) is 10.1 Å². The van der Waals surface area contributed by atoms with Gasteiger partial charge < -0.3 is 29.3 Å². The van der Waals surface area contributed by atoms with Gasteiger partial charge in [-0.2, -0.15) is 61.1 Å². The number of benzene rings is 4. The highest BCUT2D eigenvalue weighted by Gasteiger charge is 2.54. The number of alkyl halides is 13. The molecule has 3 aliphatic carbocycles. The summed E-state index contributed by atoms with van der Waals surface area (Å²) in [7, 11) is -1.51. The molecule has 446 valence electrons. The molecular weight excluding hydrogens is 1210 g/mol. The van der Waals surface area contributed by atoms with Gasteiger partial charge in [0.05, 0.1) is 67.1 Å². The number of amides is 3. The summed E-state index contributed by atoms with van der Waals surface area (Å²) in [6, 6.07) is 14.0. The number of likely N-dealkylation sites (tertiary alicyclic amines) is 3. The fraction of sp³-hybridized carbons (Fsp3) is 0.463. The molecule has 1 N–H and O–H groups in total. The zero-order valence-electron chi connectivity index (χ0n) is 43.6. The van der Waals surface area contributed by atoms with E-state index in [1.807, 2.05) is 0 Å². The van der Waals surface area contributed by atoms with Gasteiger partial charge in [-0.15, -0.1) is 0 Å². The summed E-state index contributed by atoms with van der Waals surface area (Å²) in [5, 5.41) is 9.03. The van der Waals surface area contributed by atoms with Gasteiger partial charge in [-0.1, -0.05) is 52.3 Å². The fourth-order valence-corrected chi connectivity index (χ4v) is 10.8. The number of hydrogen-bond donors (Lipinski definition) is 1. The van der Waals surface area contributed by atoms with E-state index in [-0.39, 0.29) is 111 Å². The van der Waals surface area contributed by atoms with E-state index >= 15 is 0 Å². The average molecular weight is 1260 g/mol. The maximum absolute atomic E-state index is 13.3. The number of methoxy groups -OCH3 is 2. The van der Waals surface area contributed by atoms with Gasteiger partial charge >= 0.3 is 36.6 Å². The minimum Gasteiger partial charge on any atom is -0.465 e. The fourth-order valence-electron chi connectivity index (χ4n) is 9.96. The molecule has 6 aliphatic rings. The molecule has 6 fully saturated rings. The van der Waals surface area contributed by atoms with E-state index in [1.54, 1.807) is 0 Å². The number of fused-ring (bicyclic) bond motifs is 3. The largest absolute Gasteiger partial charge is 0.465 e. The molecule has 82 heavy (non-hydrogen) atoms. The molecule has 14 nitrogen and oxygen atoms in total. The number of nitrogens with zero attached hydrogens (tertiary/aromatic N) is 3. The van der Waals surface area contributed by atoms with E-state index in [2.05, 4.69) is 29.6 Å². The zero-order chi connectivity index (χ0) is 60.6. The van der Waals surface area contributed by atoms with Gasteiger partial charge in [0.1, 0.15) is 0 Å². The summed E-state index contributed by atoms with van der Waals surface area (Å²) in [6.07, 6.45) is -14.8. The highest BCUT2D eigenvalue weighted by Crippen LogP contribution is 2.49. The summed E-state index contributed by atoms with van der Waals surface area (Å²) >= 11 is 2.96. The third-order valence-electron chi connectivity index (χ3n) is 14.5. The van der Waals surface area contributed by atoms with E-state index in [4.69, 9.17) is 5.11 Å². The molecule has 0 spiro atoms. The lowest BCUT2D eigenvalue weighted by atomic mass is 10.0. The highest BCUT2D eigenvalue weighted by molar-refractivity contribution is 9.08. The summed E-state index contributed by atoms with van der Waals surface area (Å²) in [5.74, 6) is -0.838. The van der Waals surface area contributed by atoms with Crippen molar-refractivity contribution in [3.05, 3.63) is 140 Å². The van der Waals surface area contributed by atoms with Gasteiger partial charge in [0.2, 0.25) is 17.7 Å². The topological polar surface area (TPSA) is 177 Å². The molecule has 3 amide bonds. The van der Waals surface area contributed by atoms with Gasteiger partial charge in [0.15, 0.2) is 0 Å². The van der Waals surface area contributed by atoms with Crippen molar-refractivity contribution in [1.29, 1.82) is 0 Å². The molecule has 0 bridgehead atoms. The lowest BCUT2D eigenvalue weighted by Gasteiger charge is -2.21. The van der Waals surface area contributed by atoms with Crippen molar-refractivity contribution in [2.45, 2.75) is 82.1 Å². The van der Waals surface area contributed by atoms with Crippen LogP contribution in [0.1, 0.15) is 95.6 Å². The van der Waals surface area contributed by atoms with Crippen molar-refractivity contribution in [1.82, 2.24) is 14.7 Å². The summed E-state index contributed by atoms with van der Waals surface area (Å²) in [4.78, 5) is 62.6. The van der Waals surface area contributed by atoms with Crippen LogP contribution >= 0.6 is 15.9 Å². The van der Waals surface area contributed by atoms with E-state index in [1.165, 1.54) is 63.2 Å². The number of carbonyl (C=O) groups is 5. The quantitative estimate of drug-likeness (QED) is 0.0583. The number of esters is 2. The normalized spacial score (nSPS) is 21.5. The maximum Gasteiger partial charge on any atom is 0.416 e. The average Bonchev–Trinajstić information content (AvgIpc) is 4.49. The van der Waals surface area contributed by atoms with E-state index in [0.29, 0.717) is 31.5 Å². The van der Waals surface area contributed by atoms with Crippen molar-refractivity contribution in [3.63, 3.8) is 0 Å². The third kappa shape index (κ3) is 15.7. The molecule has 0 radical (unpaired) electrons. The molecule has 6 unspecified atom stereocenters. The molecule has 0 aromatic heterocycles. The van der Waals surface area contributed by atoms with Crippen LogP contribution in [-0.4, -0.2) is 98.0 Å². The first-order valence-corrected chi connectivity index (χ1v) is 27.9. The first-order chi connectivity index (χ1) is 38.1. The predicted octanol–water partition coefficient (Wildman–Crippen LogP) is 10.2. The van der Waals surface area contributed by atoms with Crippen LogP contribution in [0.15, 0.2) is 72.8 Å².